The maximum atomic E-state index is 12.9. The van der Waals surface area contributed by atoms with E-state index in [1.54, 1.807) is 4.68 Å². The fourth-order valence-corrected chi connectivity index (χ4v) is 4.14. The van der Waals surface area contributed by atoms with Gasteiger partial charge in [-0.25, -0.2) is 4.68 Å². The van der Waals surface area contributed by atoms with Gasteiger partial charge in [0.2, 0.25) is 0 Å². The number of nitrogens with zero attached hydrogens (tertiary/aromatic N) is 3. The molecule has 4 rings (SSSR count). The fourth-order valence-electron chi connectivity index (χ4n) is 3.93. The van der Waals surface area contributed by atoms with Gasteiger partial charge in [-0.1, -0.05) is 41.9 Å². The number of hydrogen-bond acceptors (Lipinski definition) is 3. The quantitative estimate of drug-likeness (QED) is 0.717. The molecule has 3 aromatic rings. The molecular formula is C22H25ClN4O. The zero-order valence-electron chi connectivity index (χ0n) is 16.3. The largest absolute Gasteiger partial charge is 0.377 e. The van der Waals surface area contributed by atoms with Gasteiger partial charge in [0.1, 0.15) is 0 Å². The number of aromatic nitrogens is 2. The van der Waals surface area contributed by atoms with Crippen molar-refractivity contribution in [1.29, 1.82) is 0 Å². The zero-order valence-corrected chi connectivity index (χ0v) is 17.0. The van der Waals surface area contributed by atoms with Crippen molar-refractivity contribution in [3.8, 4) is 0 Å². The molecular weight excluding hydrogens is 372 g/mol. The van der Waals surface area contributed by atoms with Crippen molar-refractivity contribution in [2.24, 2.45) is 0 Å². The van der Waals surface area contributed by atoms with Gasteiger partial charge >= 0.3 is 0 Å². The van der Waals surface area contributed by atoms with E-state index in [4.69, 9.17) is 11.6 Å². The second-order valence-corrected chi connectivity index (χ2v) is 8.01. The molecule has 5 nitrogen and oxygen atoms in total. The van der Waals surface area contributed by atoms with E-state index in [2.05, 4.69) is 33.1 Å². The molecule has 2 heterocycles. The van der Waals surface area contributed by atoms with E-state index in [0.29, 0.717) is 6.54 Å². The number of fused-ring (bicyclic) bond motifs is 1. The van der Waals surface area contributed by atoms with E-state index in [1.165, 1.54) is 5.56 Å². The highest BCUT2D eigenvalue weighted by atomic mass is 35.5. The van der Waals surface area contributed by atoms with Crippen LogP contribution < -0.4 is 10.5 Å². The lowest BCUT2D eigenvalue weighted by atomic mass is 10.1. The molecule has 0 bridgehead atoms. The van der Waals surface area contributed by atoms with Crippen molar-refractivity contribution < 1.29 is 0 Å². The molecule has 1 aliphatic rings. The Balaban J connectivity index is 1.54. The van der Waals surface area contributed by atoms with Gasteiger partial charge in [-0.15, -0.1) is 0 Å². The average Bonchev–Trinajstić information content (AvgIpc) is 2.97. The van der Waals surface area contributed by atoms with Crippen LogP contribution in [0.4, 0.5) is 5.69 Å². The Morgan fingerprint density at radius 3 is 2.71 bits per heavy atom. The standard InChI is InChI=1S/C22H25ClN4O/c1-25(2)21-9-4-3-7-17(21)14-27-22(28)19-10-11-26(15-20(19)24-27)13-16-6-5-8-18(23)12-16/h3-9,12,24H,10-11,13-15H2,1-2H3. The Kier molecular flexibility index (Phi) is 5.29. The topological polar surface area (TPSA) is 44.3 Å². The second-order valence-electron chi connectivity index (χ2n) is 7.57. The highest BCUT2D eigenvalue weighted by molar-refractivity contribution is 6.30. The Morgan fingerprint density at radius 2 is 1.93 bits per heavy atom. The first-order chi connectivity index (χ1) is 13.5. The molecule has 0 saturated heterocycles. The van der Waals surface area contributed by atoms with Gasteiger partial charge in [0.05, 0.1) is 12.2 Å². The predicted octanol–water partition coefficient (Wildman–Crippen LogP) is 3.50. The third-order valence-electron chi connectivity index (χ3n) is 5.29. The van der Waals surface area contributed by atoms with Crippen molar-refractivity contribution in [2.45, 2.75) is 26.1 Å². The minimum Gasteiger partial charge on any atom is -0.377 e. The summed E-state index contributed by atoms with van der Waals surface area (Å²) in [6.45, 7) is 3.01. The number of benzene rings is 2. The summed E-state index contributed by atoms with van der Waals surface area (Å²) in [6, 6.07) is 16.2. The Bertz CT molecular complexity index is 1040. The van der Waals surface area contributed by atoms with Gasteiger partial charge in [-0.05, 0) is 35.7 Å². The van der Waals surface area contributed by atoms with Crippen LogP contribution in [0.25, 0.3) is 0 Å². The first kappa shape index (κ1) is 18.8. The van der Waals surface area contributed by atoms with Crippen LogP contribution in [0.3, 0.4) is 0 Å². The molecule has 2 aromatic carbocycles. The minimum absolute atomic E-state index is 0.103. The first-order valence-electron chi connectivity index (χ1n) is 9.54. The van der Waals surface area contributed by atoms with Crippen molar-refractivity contribution >= 4 is 17.3 Å². The van der Waals surface area contributed by atoms with Crippen LogP contribution in [0, 0.1) is 0 Å². The summed E-state index contributed by atoms with van der Waals surface area (Å²) in [5.74, 6) is 0. The van der Waals surface area contributed by atoms with Gasteiger partial charge in [-0.2, -0.15) is 0 Å². The number of hydrogen-bond donors (Lipinski definition) is 1. The van der Waals surface area contributed by atoms with Gasteiger partial charge in [0.25, 0.3) is 5.56 Å². The molecule has 1 aliphatic heterocycles. The molecule has 1 N–H and O–H groups in total. The number of nitrogens with one attached hydrogen (secondary N) is 1. The Labute approximate surface area is 170 Å². The maximum absolute atomic E-state index is 12.9. The molecule has 0 spiro atoms. The molecule has 6 heteroatoms. The Hall–Kier alpha value is -2.50. The van der Waals surface area contributed by atoms with Crippen LogP contribution in [0.5, 0.6) is 0 Å². The van der Waals surface area contributed by atoms with Crippen LogP contribution >= 0.6 is 11.6 Å². The van der Waals surface area contributed by atoms with Gasteiger partial charge < -0.3 is 4.90 Å². The smallest absolute Gasteiger partial charge is 0.270 e. The monoisotopic (exact) mass is 396 g/mol. The Morgan fingerprint density at radius 1 is 1.11 bits per heavy atom. The SMILES string of the molecule is CN(C)c1ccccc1Cn1[nH]c2c(c1=O)CCN(Cc1cccc(Cl)c1)C2. The zero-order chi connectivity index (χ0) is 19.7. The van der Waals surface area contributed by atoms with E-state index in [9.17, 15) is 4.79 Å². The number of halogens is 1. The van der Waals surface area contributed by atoms with Crippen molar-refractivity contribution in [3.63, 3.8) is 0 Å². The number of aromatic amines is 1. The summed E-state index contributed by atoms with van der Waals surface area (Å²) in [7, 11) is 4.05. The molecule has 0 unspecified atom stereocenters. The number of H-pyrrole nitrogens is 1. The average molecular weight is 397 g/mol. The van der Waals surface area contributed by atoms with Crippen LogP contribution in [-0.4, -0.2) is 35.3 Å². The van der Waals surface area contributed by atoms with Gasteiger partial charge in [0, 0.05) is 50.0 Å². The van der Waals surface area contributed by atoms with Gasteiger partial charge in [-0.3, -0.25) is 14.8 Å². The predicted molar refractivity (Wildman–Crippen MR) is 114 cm³/mol. The number of rotatable bonds is 5. The van der Waals surface area contributed by atoms with Crippen molar-refractivity contribution in [3.05, 3.63) is 86.3 Å². The van der Waals surface area contributed by atoms with E-state index in [-0.39, 0.29) is 5.56 Å². The third-order valence-corrected chi connectivity index (χ3v) is 5.53. The van der Waals surface area contributed by atoms with Crippen molar-refractivity contribution in [1.82, 2.24) is 14.7 Å². The lowest BCUT2D eigenvalue weighted by Crippen LogP contribution is -2.31. The molecule has 0 fully saturated rings. The van der Waals surface area contributed by atoms with Crippen LogP contribution in [0.15, 0.2) is 53.3 Å². The highest BCUT2D eigenvalue weighted by Gasteiger charge is 2.23. The normalized spacial score (nSPS) is 14.1. The fraction of sp³-hybridized carbons (Fsp3) is 0.318. The van der Waals surface area contributed by atoms with E-state index >= 15 is 0 Å². The first-order valence-corrected chi connectivity index (χ1v) is 9.91. The number of anilines is 1. The molecule has 0 radical (unpaired) electrons. The van der Waals surface area contributed by atoms with Gasteiger partial charge in [0.15, 0.2) is 0 Å². The van der Waals surface area contributed by atoms with Crippen LogP contribution in [-0.2, 0) is 26.1 Å². The molecule has 1 aromatic heterocycles. The summed E-state index contributed by atoms with van der Waals surface area (Å²) in [4.78, 5) is 17.3. The third kappa shape index (κ3) is 3.86. The second kappa shape index (κ2) is 7.86. The van der Waals surface area contributed by atoms with Crippen LogP contribution in [0.1, 0.15) is 22.4 Å². The molecule has 0 saturated carbocycles. The van der Waals surface area contributed by atoms with Crippen molar-refractivity contribution in [2.75, 3.05) is 25.5 Å². The highest BCUT2D eigenvalue weighted by Crippen LogP contribution is 2.21. The summed E-state index contributed by atoms with van der Waals surface area (Å²) in [6.07, 6.45) is 0.771. The number of para-hydroxylation sites is 1. The summed E-state index contributed by atoms with van der Waals surface area (Å²) in [5.41, 5.74) is 5.50. The summed E-state index contributed by atoms with van der Waals surface area (Å²) < 4.78 is 1.75. The lowest BCUT2D eigenvalue weighted by Gasteiger charge is -2.26. The molecule has 146 valence electrons. The molecule has 28 heavy (non-hydrogen) atoms. The molecule has 0 amide bonds. The molecule has 0 aliphatic carbocycles. The summed E-state index contributed by atoms with van der Waals surface area (Å²) in [5, 5.41) is 4.12. The molecule has 0 atom stereocenters. The summed E-state index contributed by atoms with van der Waals surface area (Å²) >= 11 is 6.11. The van der Waals surface area contributed by atoms with E-state index in [0.717, 1.165) is 53.6 Å². The van der Waals surface area contributed by atoms with E-state index < -0.39 is 0 Å². The maximum Gasteiger partial charge on any atom is 0.270 e. The van der Waals surface area contributed by atoms with E-state index in [1.807, 2.05) is 44.4 Å². The van der Waals surface area contributed by atoms with Crippen LogP contribution in [0.2, 0.25) is 5.02 Å². The minimum atomic E-state index is 0.103. The lowest BCUT2D eigenvalue weighted by molar-refractivity contribution is 0.242.